The first-order chi connectivity index (χ1) is 13.0. The van der Waals surface area contributed by atoms with E-state index in [2.05, 4.69) is 25.1 Å². The van der Waals surface area contributed by atoms with Crippen LogP contribution >= 0.6 is 0 Å². The molecular weight excluding hydrogens is 373 g/mol. The molecule has 2 N–H and O–H groups in total. The van der Waals surface area contributed by atoms with Crippen LogP contribution in [0.25, 0.3) is 0 Å². The molecule has 1 aliphatic heterocycles. The van der Waals surface area contributed by atoms with E-state index in [1.54, 1.807) is 6.20 Å². The zero-order valence-electron chi connectivity index (χ0n) is 15.0. The van der Waals surface area contributed by atoms with Gasteiger partial charge in [-0.15, -0.1) is 5.10 Å². The Morgan fingerprint density at radius 3 is 2.74 bits per heavy atom. The molecular formula is C17H22FN5O3S. The average Bonchev–Trinajstić information content (AvgIpc) is 3.20. The van der Waals surface area contributed by atoms with E-state index in [9.17, 15) is 12.8 Å². The Hall–Kier alpha value is -2.46. The fraction of sp³-hybridized carbons (Fsp3) is 0.412. The van der Waals surface area contributed by atoms with Gasteiger partial charge in [0.1, 0.15) is 16.5 Å². The van der Waals surface area contributed by atoms with Gasteiger partial charge in [-0.05, 0) is 31.0 Å². The molecule has 0 spiro atoms. The van der Waals surface area contributed by atoms with Crippen LogP contribution in [0.5, 0.6) is 5.75 Å². The number of hydrogen-bond donors (Lipinski definition) is 2. The average molecular weight is 395 g/mol. The Labute approximate surface area is 157 Å². The van der Waals surface area contributed by atoms with Crippen molar-refractivity contribution in [2.45, 2.75) is 17.7 Å². The maximum atomic E-state index is 13.4. The Balaban J connectivity index is 1.57. The molecule has 0 bridgehead atoms. The van der Waals surface area contributed by atoms with Gasteiger partial charge in [-0.1, -0.05) is 0 Å². The third kappa shape index (κ3) is 4.83. The highest BCUT2D eigenvalue weighted by Crippen LogP contribution is 2.24. The van der Waals surface area contributed by atoms with E-state index in [1.165, 1.54) is 13.2 Å². The SMILES string of the molecule is COc1ccc(F)cc1S(=O)(=O)NCCNc1cc(N2CCCC2)cnn1. The fourth-order valence-corrected chi connectivity index (χ4v) is 4.12. The first-order valence-corrected chi connectivity index (χ1v) is 10.1. The maximum Gasteiger partial charge on any atom is 0.244 e. The van der Waals surface area contributed by atoms with Crippen LogP contribution < -0.4 is 19.7 Å². The van der Waals surface area contributed by atoms with Crippen LogP contribution in [0, 0.1) is 5.82 Å². The first kappa shape index (κ1) is 19.3. The van der Waals surface area contributed by atoms with Gasteiger partial charge in [0.05, 0.1) is 19.0 Å². The molecule has 0 amide bonds. The summed E-state index contributed by atoms with van der Waals surface area (Å²) >= 11 is 0. The Bertz CT molecular complexity index is 888. The van der Waals surface area contributed by atoms with Gasteiger partial charge in [-0.2, -0.15) is 5.10 Å². The van der Waals surface area contributed by atoms with Crippen LogP contribution in [0.3, 0.4) is 0 Å². The van der Waals surface area contributed by atoms with Crippen molar-refractivity contribution in [1.29, 1.82) is 0 Å². The van der Waals surface area contributed by atoms with Crippen LogP contribution in [0.4, 0.5) is 15.9 Å². The number of rotatable bonds is 8. The first-order valence-electron chi connectivity index (χ1n) is 8.64. The summed E-state index contributed by atoms with van der Waals surface area (Å²) in [6.45, 7) is 2.40. The monoisotopic (exact) mass is 395 g/mol. The van der Waals surface area contributed by atoms with Crippen molar-refractivity contribution in [1.82, 2.24) is 14.9 Å². The predicted octanol–water partition coefficient (Wildman–Crippen LogP) is 1.61. The topological polar surface area (TPSA) is 96.5 Å². The van der Waals surface area contributed by atoms with Crippen molar-refractivity contribution in [3.63, 3.8) is 0 Å². The lowest BCUT2D eigenvalue weighted by Crippen LogP contribution is -2.29. The van der Waals surface area contributed by atoms with Crippen LogP contribution in [-0.2, 0) is 10.0 Å². The lowest BCUT2D eigenvalue weighted by Gasteiger charge is -2.17. The molecule has 1 aromatic heterocycles. The number of nitrogens with zero attached hydrogens (tertiary/aromatic N) is 3. The molecule has 1 saturated heterocycles. The second-order valence-corrected chi connectivity index (χ2v) is 7.85. The molecule has 0 aliphatic carbocycles. The van der Waals surface area contributed by atoms with E-state index in [1.807, 2.05) is 6.07 Å². The van der Waals surface area contributed by atoms with Crippen LogP contribution in [0.1, 0.15) is 12.8 Å². The third-order valence-corrected chi connectivity index (χ3v) is 5.73. The summed E-state index contributed by atoms with van der Waals surface area (Å²) in [7, 11) is -2.57. The largest absolute Gasteiger partial charge is 0.495 e. The smallest absolute Gasteiger partial charge is 0.244 e. The minimum absolute atomic E-state index is 0.0843. The van der Waals surface area contributed by atoms with E-state index in [4.69, 9.17) is 4.74 Å². The van der Waals surface area contributed by atoms with Gasteiger partial charge in [0, 0.05) is 32.2 Å². The minimum Gasteiger partial charge on any atom is -0.495 e. The molecule has 0 unspecified atom stereocenters. The lowest BCUT2D eigenvalue weighted by molar-refractivity contribution is 0.400. The second kappa shape index (κ2) is 8.49. The maximum absolute atomic E-state index is 13.4. The van der Waals surface area contributed by atoms with E-state index in [0.29, 0.717) is 12.4 Å². The summed E-state index contributed by atoms with van der Waals surface area (Å²) < 4.78 is 45.6. The summed E-state index contributed by atoms with van der Waals surface area (Å²) in [5, 5.41) is 11.0. The zero-order chi connectivity index (χ0) is 19.3. The quantitative estimate of drug-likeness (QED) is 0.656. The van der Waals surface area contributed by atoms with Gasteiger partial charge in [0.15, 0.2) is 5.82 Å². The van der Waals surface area contributed by atoms with Crippen molar-refractivity contribution >= 4 is 21.5 Å². The Kier molecular flexibility index (Phi) is 6.07. The van der Waals surface area contributed by atoms with Crippen LogP contribution in [-0.4, -0.2) is 51.9 Å². The standard InChI is InChI=1S/C17H22FN5O3S/c1-26-15-5-4-13(18)10-16(15)27(24,25)21-7-6-19-17-11-14(12-20-22-17)23-8-2-3-9-23/h4-5,10-12,21H,2-3,6-9H2,1H3,(H,19,22). The van der Waals surface area contributed by atoms with E-state index in [-0.39, 0.29) is 17.2 Å². The third-order valence-electron chi connectivity index (χ3n) is 4.25. The molecule has 2 heterocycles. The van der Waals surface area contributed by atoms with E-state index in [0.717, 1.165) is 43.8 Å². The van der Waals surface area contributed by atoms with Crippen molar-refractivity contribution in [3.05, 3.63) is 36.3 Å². The minimum atomic E-state index is -3.90. The van der Waals surface area contributed by atoms with Gasteiger partial charge in [-0.25, -0.2) is 17.5 Å². The number of nitrogens with one attached hydrogen (secondary N) is 2. The van der Waals surface area contributed by atoms with Crippen LogP contribution in [0.15, 0.2) is 35.4 Å². The lowest BCUT2D eigenvalue weighted by atomic mass is 10.3. The van der Waals surface area contributed by atoms with Gasteiger partial charge >= 0.3 is 0 Å². The van der Waals surface area contributed by atoms with Crippen molar-refractivity contribution < 1.29 is 17.5 Å². The van der Waals surface area contributed by atoms with Crippen molar-refractivity contribution in [3.8, 4) is 5.75 Å². The molecule has 8 nitrogen and oxygen atoms in total. The summed E-state index contributed by atoms with van der Waals surface area (Å²) in [5.74, 6) is 0.00581. The number of methoxy groups -OCH3 is 1. The van der Waals surface area contributed by atoms with Crippen molar-refractivity contribution in [2.75, 3.05) is 43.5 Å². The van der Waals surface area contributed by atoms with Gasteiger partial charge < -0.3 is 15.0 Å². The molecule has 146 valence electrons. The van der Waals surface area contributed by atoms with E-state index >= 15 is 0 Å². The number of halogens is 1. The molecule has 0 radical (unpaired) electrons. The molecule has 1 aromatic carbocycles. The summed E-state index contributed by atoms with van der Waals surface area (Å²) in [6, 6.07) is 5.25. The second-order valence-electron chi connectivity index (χ2n) is 6.11. The highest BCUT2D eigenvalue weighted by Gasteiger charge is 2.20. The number of ether oxygens (including phenoxy) is 1. The van der Waals surface area contributed by atoms with Crippen molar-refractivity contribution in [2.24, 2.45) is 0 Å². The number of anilines is 2. The number of hydrogen-bond acceptors (Lipinski definition) is 7. The Morgan fingerprint density at radius 2 is 2.00 bits per heavy atom. The highest BCUT2D eigenvalue weighted by atomic mass is 32.2. The predicted molar refractivity (Wildman–Crippen MR) is 100 cm³/mol. The number of benzene rings is 1. The molecule has 0 atom stereocenters. The Morgan fingerprint density at radius 1 is 1.22 bits per heavy atom. The van der Waals surface area contributed by atoms with Crippen LogP contribution in [0.2, 0.25) is 0 Å². The molecule has 3 rings (SSSR count). The molecule has 1 aliphatic rings. The van der Waals surface area contributed by atoms with Gasteiger partial charge in [-0.3, -0.25) is 0 Å². The molecule has 1 fully saturated rings. The summed E-state index contributed by atoms with van der Waals surface area (Å²) in [4.78, 5) is 2.00. The molecule has 27 heavy (non-hydrogen) atoms. The summed E-state index contributed by atoms with van der Waals surface area (Å²) in [5.41, 5.74) is 0.995. The van der Waals surface area contributed by atoms with E-state index < -0.39 is 15.8 Å². The molecule has 2 aromatic rings. The molecule has 0 saturated carbocycles. The fourth-order valence-electron chi connectivity index (χ4n) is 2.91. The number of aromatic nitrogens is 2. The van der Waals surface area contributed by atoms with Gasteiger partial charge in [0.2, 0.25) is 10.0 Å². The highest BCUT2D eigenvalue weighted by molar-refractivity contribution is 7.89. The summed E-state index contributed by atoms with van der Waals surface area (Å²) in [6.07, 6.45) is 4.04. The van der Waals surface area contributed by atoms with Gasteiger partial charge in [0.25, 0.3) is 0 Å². The molecule has 10 heteroatoms. The number of sulfonamides is 1. The zero-order valence-corrected chi connectivity index (χ0v) is 15.8. The normalized spacial score (nSPS) is 14.4.